The van der Waals surface area contributed by atoms with Gasteiger partial charge in [0.2, 0.25) is 11.2 Å². The maximum atomic E-state index is 6.13. The van der Waals surface area contributed by atoms with Crippen LogP contribution in [0.1, 0.15) is 24.3 Å². The minimum atomic E-state index is 0.118. The third-order valence-electron chi connectivity index (χ3n) is 3.02. The summed E-state index contributed by atoms with van der Waals surface area (Å²) in [4.78, 5) is 3.39. The Hall–Kier alpha value is -1.61. The van der Waals surface area contributed by atoms with E-state index >= 15 is 0 Å². The van der Waals surface area contributed by atoms with Crippen molar-refractivity contribution >= 4 is 16.6 Å². The number of H-pyrrole nitrogens is 1. The molecule has 1 aliphatic rings. The molecule has 1 atom stereocenters. The van der Waals surface area contributed by atoms with E-state index in [-0.39, 0.29) is 6.10 Å². The zero-order valence-corrected chi connectivity index (χ0v) is 8.58. The minimum absolute atomic E-state index is 0.118. The number of benzene rings is 1. The molecule has 1 aromatic carbocycles. The zero-order chi connectivity index (χ0) is 10.4. The summed E-state index contributed by atoms with van der Waals surface area (Å²) < 4.78 is 5.56. The largest absolute Gasteiger partial charge is 0.398 e. The molecular formula is C12H13N2O+. The quantitative estimate of drug-likeness (QED) is 0.706. The van der Waals surface area contributed by atoms with E-state index in [0.29, 0.717) is 6.61 Å². The highest BCUT2D eigenvalue weighted by Crippen LogP contribution is 2.33. The molecule has 2 heterocycles. The summed E-state index contributed by atoms with van der Waals surface area (Å²) in [5.41, 5.74) is 10.3. The second kappa shape index (κ2) is 2.94. The molecule has 3 heteroatoms. The van der Waals surface area contributed by atoms with Crippen LogP contribution < -0.4 is 10.7 Å². The molecular weight excluding hydrogens is 188 g/mol. The van der Waals surface area contributed by atoms with Gasteiger partial charge in [-0.3, -0.25) is 0 Å². The van der Waals surface area contributed by atoms with E-state index in [2.05, 4.69) is 4.98 Å². The number of pyridine rings is 1. The van der Waals surface area contributed by atoms with Crippen LogP contribution in [0.3, 0.4) is 0 Å². The van der Waals surface area contributed by atoms with E-state index in [1.165, 1.54) is 0 Å². The summed E-state index contributed by atoms with van der Waals surface area (Å²) in [6.07, 6.45) is 0.118. The van der Waals surface area contributed by atoms with Gasteiger partial charge in [-0.2, -0.15) is 0 Å². The second-order valence-corrected chi connectivity index (χ2v) is 3.93. The number of fused-ring (bicyclic) bond motifs is 2. The van der Waals surface area contributed by atoms with Crippen molar-refractivity contribution in [1.82, 2.24) is 0 Å². The molecule has 3 nitrogen and oxygen atoms in total. The van der Waals surface area contributed by atoms with Gasteiger partial charge in [0, 0.05) is 6.07 Å². The van der Waals surface area contributed by atoms with Gasteiger partial charge in [0.15, 0.2) is 0 Å². The monoisotopic (exact) mass is 201 g/mol. The normalized spacial score (nSPS) is 19.4. The Morgan fingerprint density at radius 3 is 3.07 bits per heavy atom. The van der Waals surface area contributed by atoms with Crippen LogP contribution in [0.25, 0.3) is 10.9 Å². The number of aromatic nitrogens is 1. The predicted molar refractivity (Wildman–Crippen MR) is 58.1 cm³/mol. The summed E-state index contributed by atoms with van der Waals surface area (Å²) in [6.45, 7) is 2.65. The lowest BCUT2D eigenvalue weighted by molar-refractivity contribution is -0.364. The van der Waals surface area contributed by atoms with Crippen molar-refractivity contribution in [2.45, 2.75) is 19.6 Å². The first kappa shape index (κ1) is 8.68. The van der Waals surface area contributed by atoms with E-state index in [4.69, 9.17) is 10.5 Å². The molecule has 0 radical (unpaired) electrons. The van der Waals surface area contributed by atoms with Crippen LogP contribution >= 0.6 is 0 Å². The molecule has 76 valence electrons. The summed E-state index contributed by atoms with van der Waals surface area (Å²) in [7, 11) is 0. The van der Waals surface area contributed by atoms with Crippen LogP contribution in [-0.4, -0.2) is 0 Å². The topological polar surface area (TPSA) is 49.4 Å². The van der Waals surface area contributed by atoms with Crippen LogP contribution in [-0.2, 0) is 11.3 Å². The first-order chi connectivity index (χ1) is 7.27. The average Bonchev–Trinajstić information content (AvgIpc) is 2.62. The Kier molecular flexibility index (Phi) is 1.70. The lowest BCUT2D eigenvalue weighted by Gasteiger charge is -2.02. The van der Waals surface area contributed by atoms with E-state index in [0.717, 1.165) is 27.8 Å². The number of nitrogen functional groups attached to an aromatic ring is 1. The zero-order valence-electron chi connectivity index (χ0n) is 8.58. The van der Waals surface area contributed by atoms with Gasteiger partial charge in [0.1, 0.15) is 6.10 Å². The number of nitrogens with two attached hydrogens (primary N) is 1. The van der Waals surface area contributed by atoms with Crippen molar-refractivity contribution in [2.75, 3.05) is 5.73 Å². The molecule has 1 aliphatic heterocycles. The standard InChI is InChI=1S/C12H12N2O/c1-7-12-9(6-15-7)11(13)8-4-2-3-5-10(8)14-12/h2-5,7H,6H2,1H3,(H2,13,14)/p+1/t7-/m0/s1. The number of hydrogen-bond acceptors (Lipinski definition) is 2. The summed E-state index contributed by atoms with van der Waals surface area (Å²) in [5.74, 6) is 0. The van der Waals surface area contributed by atoms with Crippen molar-refractivity contribution in [3.05, 3.63) is 35.5 Å². The maximum Gasteiger partial charge on any atom is 0.216 e. The fourth-order valence-electron chi connectivity index (χ4n) is 2.15. The Morgan fingerprint density at radius 2 is 2.20 bits per heavy atom. The van der Waals surface area contributed by atoms with Gasteiger partial charge >= 0.3 is 0 Å². The fraction of sp³-hybridized carbons (Fsp3) is 0.250. The number of ether oxygens (including phenoxy) is 1. The molecule has 0 bridgehead atoms. The summed E-state index contributed by atoms with van der Waals surface area (Å²) in [5, 5.41) is 1.08. The van der Waals surface area contributed by atoms with Gasteiger partial charge in [0.05, 0.1) is 23.2 Å². The lowest BCUT2D eigenvalue weighted by atomic mass is 10.1. The summed E-state index contributed by atoms with van der Waals surface area (Å²) in [6, 6.07) is 8.07. The highest BCUT2D eigenvalue weighted by atomic mass is 16.5. The first-order valence-electron chi connectivity index (χ1n) is 5.11. The van der Waals surface area contributed by atoms with Crippen molar-refractivity contribution < 1.29 is 9.72 Å². The third kappa shape index (κ3) is 1.13. The van der Waals surface area contributed by atoms with Crippen molar-refractivity contribution in [3.63, 3.8) is 0 Å². The Morgan fingerprint density at radius 1 is 1.40 bits per heavy atom. The van der Waals surface area contributed by atoms with Gasteiger partial charge < -0.3 is 10.5 Å². The van der Waals surface area contributed by atoms with Gasteiger partial charge in [0.25, 0.3) is 0 Å². The molecule has 0 saturated heterocycles. The van der Waals surface area contributed by atoms with Gasteiger partial charge in [-0.25, -0.2) is 4.98 Å². The molecule has 0 saturated carbocycles. The molecule has 15 heavy (non-hydrogen) atoms. The molecule has 0 unspecified atom stereocenters. The first-order valence-corrected chi connectivity index (χ1v) is 5.11. The maximum absolute atomic E-state index is 6.13. The molecule has 2 aromatic rings. The highest BCUT2D eigenvalue weighted by Gasteiger charge is 2.29. The summed E-state index contributed by atoms with van der Waals surface area (Å²) >= 11 is 0. The number of rotatable bonds is 0. The highest BCUT2D eigenvalue weighted by molar-refractivity contribution is 5.89. The predicted octanol–water partition coefficient (Wildman–Crippen LogP) is 1.83. The number of hydrogen-bond donors (Lipinski definition) is 1. The molecule has 3 N–H and O–H groups in total. The Bertz CT molecular complexity index is 536. The Labute approximate surface area is 87.9 Å². The van der Waals surface area contributed by atoms with Crippen molar-refractivity contribution in [2.24, 2.45) is 0 Å². The molecule has 0 fully saturated rings. The van der Waals surface area contributed by atoms with Crippen molar-refractivity contribution in [3.8, 4) is 0 Å². The van der Waals surface area contributed by atoms with E-state index < -0.39 is 0 Å². The molecule has 0 spiro atoms. The average molecular weight is 201 g/mol. The fourth-order valence-corrected chi connectivity index (χ4v) is 2.15. The third-order valence-corrected chi connectivity index (χ3v) is 3.02. The van der Waals surface area contributed by atoms with E-state index in [9.17, 15) is 0 Å². The van der Waals surface area contributed by atoms with Gasteiger partial charge in [-0.15, -0.1) is 0 Å². The number of nitrogens with one attached hydrogen (secondary N) is 1. The van der Waals surface area contributed by atoms with Crippen LogP contribution in [0.4, 0.5) is 5.69 Å². The van der Waals surface area contributed by atoms with Crippen LogP contribution in [0.15, 0.2) is 24.3 Å². The minimum Gasteiger partial charge on any atom is -0.398 e. The van der Waals surface area contributed by atoms with Gasteiger partial charge in [-0.1, -0.05) is 12.1 Å². The Balaban J connectivity index is 2.41. The van der Waals surface area contributed by atoms with Gasteiger partial charge in [-0.05, 0) is 13.0 Å². The molecule has 0 amide bonds. The van der Waals surface area contributed by atoms with Crippen LogP contribution in [0.5, 0.6) is 0 Å². The van der Waals surface area contributed by atoms with E-state index in [1.54, 1.807) is 0 Å². The number of anilines is 1. The van der Waals surface area contributed by atoms with Crippen LogP contribution in [0, 0.1) is 0 Å². The second-order valence-electron chi connectivity index (χ2n) is 3.93. The lowest BCUT2D eigenvalue weighted by Crippen LogP contribution is -2.15. The molecule has 3 rings (SSSR count). The number of aromatic amines is 1. The van der Waals surface area contributed by atoms with Crippen LogP contribution in [0.2, 0.25) is 0 Å². The SMILES string of the molecule is C[C@@H]1OCc2c1[nH+]c1ccccc1c2N. The number of para-hydroxylation sites is 1. The van der Waals surface area contributed by atoms with Crippen molar-refractivity contribution in [1.29, 1.82) is 0 Å². The van der Waals surface area contributed by atoms with E-state index in [1.807, 2.05) is 31.2 Å². The molecule has 1 aromatic heterocycles. The molecule has 0 aliphatic carbocycles. The smallest absolute Gasteiger partial charge is 0.216 e.